The van der Waals surface area contributed by atoms with Gasteiger partial charge in [0.2, 0.25) is 0 Å². The fourth-order valence-corrected chi connectivity index (χ4v) is 2.66. The Labute approximate surface area is 104 Å². The zero-order valence-corrected chi connectivity index (χ0v) is 11.3. The van der Waals surface area contributed by atoms with Crippen molar-refractivity contribution < 1.29 is 0 Å². The molecule has 3 unspecified atom stereocenters. The number of nitrogens with one attached hydrogen (secondary N) is 1. The van der Waals surface area contributed by atoms with Crippen molar-refractivity contribution in [2.24, 2.45) is 7.05 Å². The summed E-state index contributed by atoms with van der Waals surface area (Å²) < 4.78 is 2.09. The lowest BCUT2D eigenvalue weighted by atomic mass is 9.98. The van der Waals surface area contributed by atoms with Crippen LogP contribution in [0.5, 0.6) is 0 Å². The van der Waals surface area contributed by atoms with Gasteiger partial charge in [-0.15, -0.1) is 0 Å². The van der Waals surface area contributed by atoms with Gasteiger partial charge in [0.1, 0.15) is 5.82 Å². The van der Waals surface area contributed by atoms with E-state index in [0.29, 0.717) is 18.1 Å². The summed E-state index contributed by atoms with van der Waals surface area (Å²) >= 11 is 0. The standard InChI is InChI=1S/C13H24N4/c1-10-9-12(5-7-16(10)3)15-11(2)13-14-6-8-17(13)4/h6,8,10-12,15H,5,7,9H2,1-4H3. The molecule has 0 aromatic carbocycles. The Morgan fingerprint density at radius 3 is 2.82 bits per heavy atom. The fourth-order valence-electron chi connectivity index (χ4n) is 2.66. The van der Waals surface area contributed by atoms with Gasteiger partial charge in [-0.3, -0.25) is 0 Å². The van der Waals surface area contributed by atoms with Gasteiger partial charge in [-0.25, -0.2) is 4.98 Å². The Kier molecular flexibility index (Phi) is 3.84. The van der Waals surface area contributed by atoms with Crippen molar-refractivity contribution in [3.05, 3.63) is 18.2 Å². The number of rotatable bonds is 3. The lowest BCUT2D eigenvalue weighted by molar-refractivity contribution is 0.162. The number of piperidine rings is 1. The lowest BCUT2D eigenvalue weighted by Crippen LogP contribution is -2.46. The molecule has 3 atom stereocenters. The van der Waals surface area contributed by atoms with E-state index in [1.54, 1.807) is 0 Å². The van der Waals surface area contributed by atoms with E-state index in [1.807, 2.05) is 12.4 Å². The summed E-state index contributed by atoms with van der Waals surface area (Å²) in [5.74, 6) is 1.12. The van der Waals surface area contributed by atoms with E-state index in [4.69, 9.17) is 0 Å². The summed E-state index contributed by atoms with van der Waals surface area (Å²) in [6.07, 6.45) is 6.33. The Hall–Kier alpha value is -0.870. The first-order chi connectivity index (χ1) is 8.08. The molecule has 0 saturated carbocycles. The molecule has 1 aliphatic heterocycles. The molecule has 1 fully saturated rings. The average molecular weight is 236 g/mol. The molecular weight excluding hydrogens is 212 g/mol. The van der Waals surface area contributed by atoms with Crippen LogP contribution in [0.2, 0.25) is 0 Å². The molecular formula is C13H24N4. The second-order valence-electron chi connectivity index (χ2n) is 5.34. The van der Waals surface area contributed by atoms with Crippen molar-refractivity contribution in [1.82, 2.24) is 19.8 Å². The van der Waals surface area contributed by atoms with Crippen LogP contribution in [0.25, 0.3) is 0 Å². The quantitative estimate of drug-likeness (QED) is 0.864. The molecule has 0 radical (unpaired) electrons. The fraction of sp³-hybridized carbons (Fsp3) is 0.769. The first-order valence-electron chi connectivity index (χ1n) is 6.51. The first kappa shape index (κ1) is 12.6. The molecule has 0 aliphatic carbocycles. The van der Waals surface area contributed by atoms with Gasteiger partial charge in [0.25, 0.3) is 0 Å². The predicted octanol–water partition coefficient (Wildman–Crippen LogP) is 1.55. The number of likely N-dealkylation sites (tertiary alicyclic amines) is 1. The zero-order chi connectivity index (χ0) is 12.4. The number of aromatic nitrogens is 2. The third-order valence-corrected chi connectivity index (χ3v) is 3.94. The number of aryl methyl sites for hydroxylation is 1. The van der Waals surface area contributed by atoms with Crippen LogP contribution < -0.4 is 5.32 Å². The SMILES string of the molecule is CC(NC1CCN(C)C(C)C1)c1nccn1C. The molecule has 1 aromatic rings. The average Bonchev–Trinajstić information content (AvgIpc) is 2.70. The van der Waals surface area contributed by atoms with Crippen LogP contribution in [-0.4, -0.2) is 40.1 Å². The molecule has 0 spiro atoms. The maximum atomic E-state index is 4.41. The van der Waals surface area contributed by atoms with Gasteiger partial charge in [-0.1, -0.05) is 0 Å². The highest BCUT2D eigenvalue weighted by molar-refractivity contribution is 4.98. The van der Waals surface area contributed by atoms with Crippen molar-refractivity contribution >= 4 is 0 Å². The minimum absolute atomic E-state index is 0.329. The molecule has 2 heterocycles. The Morgan fingerprint density at radius 1 is 1.47 bits per heavy atom. The van der Waals surface area contributed by atoms with Crippen LogP contribution in [0, 0.1) is 0 Å². The maximum absolute atomic E-state index is 4.41. The molecule has 4 heteroatoms. The van der Waals surface area contributed by atoms with Crippen LogP contribution in [0.3, 0.4) is 0 Å². The van der Waals surface area contributed by atoms with E-state index in [9.17, 15) is 0 Å². The van der Waals surface area contributed by atoms with Crippen molar-refractivity contribution in [3.63, 3.8) is 0 Å². The zero-order valence-electron chi connectivity index (χ0n) is 11.3. The lowest BCUT2D eigenvalue weighted by Gasteiger charge is -2.36. The van der Waals surface area contributed by atoms with Crippen LogP contribution in [0.4, 0.5) is 0 Å². The highest BCUT2D eigenvalue weighted by atomic mass is 15.2. The minimum atomic E-state index is 0.329. The van der Waals surface area contributed by atoms with Gasteiger partial charge in [-0.2, -0.15) is 0 Å². The third-order valence-electron chi connectivity index (χ3n) is 3.94. The second-order valence-corrected chi connectivity index (χ2v) is 5.34. The van der Waals surface area contributed by atoms with Crippen molar-refractivity contribution in [1.29, 1.82) is 0 Å². The number of nitrogens with zero attached hydrogens (tertiary/aromatic N) is 3. The highest BCUT2D eigenvalue weighted by Gasteiger charge is 2.24. The van der Waals surface area contributed by atoms with Crippen molar-refractivity contribution in [2.45, 2.75) is 44.8 Å². The molecule has 1 saturated heterocycles. The normalized spacial score (nSPS) is 28.2. The summed E-state index contributed by atoms with van der Waals surface area (Å²) in [4.78, 5) is 6.84. The molecule has 1 N–H and O–H groups in total. The summed E-state index contributed by atoms with van der Waals surface area (Å²) in [6, 6.07) is 1.62. The van der Waals surface area contributed by atoms with E-state index in [2.05, 4.69) is 47.7 Å². The Balaban J connectivity index is 1.91. The predicted molar refractivity (Wildman–Crippen MR) is 69.9 cm³/mol. The first-order valence-corrected chi connectivity index (χ1v) is 6.51. The summed E-state index contributed by atoms with van der Waals surface area (Å²) in [6.45, 7) is 5.69. The van der Waals surface area contributed by atoms with E-state index in [0.717, 1.165) is 5.82 Å². The third kappa shape index (κ3) is 2.87. The van der Waals surface area contributed by atoms with Gasteiger partial charge in [-0.05, 0) is 40.3 Å². The topological polar surface area (TPSA) is 33.1 Å². The van der Waals surface area contributed by atoms with E-state index < -0.39 is 0 Å². The summed E-state index contributed by atoms with van der Waals surface area (Å²) in [7, 11) is 4.26. The second kappa shape index (κ2) is 5.19. The van der Waals surface area contributed by atoms with E-state index in [1.165, 1.54) is 19.4 Å². The highest BCUT2D eigenvalue weighted by Crippen LogP contribution is 2.18. The number of imidazole rings is 1. The largest absolute Gasteiger partial charge is 0.337 e. The Bertz CT molecular complexity index is 360. The van der Waals surface area contributed by atoms with Crippen LogP contribution in [-0.2, 0) is 7.05 Å². The molecule has 0 bridgehead atoms. The minimum Gasteiger partial charge on any atom is -0.337 e. The van der Waals surface area contributed by atoms with E-state index >= 15 is 0 Å². The van der Waals surface area contributed by atoms with Crippen molar-refractivity contribution in [3.8, 4) is 0 Å². The van der Waals surface area contributed by atoms with Gasteiger partial charge in [0.15, 0.2) is 0 Å². The Morgan fingerprint density at radius 2 is 2.24 bits per heavy atom. The molecule has 96 valence electrons. The molecule has 2 rings (SSSR count). The monoisotopic (exact) mass is 236 g/mol. The van der Waals surface area contributed by atoms with Crippen LogP contribution >= 0.6 is 0 Å². The van der Waals surface area contributed by atoms with Crippen LogP contribution in [0.15, 0.2) is 12.4 Å². The number of hydrogen-bond acceptors (Lipinski definition) is 3. The van der Waals surface area contributed by atoms with Gasteiger partial charge in [0, 0.05) is 31.5 Å². The molecule has 17 heavy (non-hydrogen) atoms. The molecule has 1 aliphatic rings. The van der Waals surface area contributed by atoms with Crippen LogP contribution in [0.1, 0.15) is 38.6 Å². The molecule has 4 nitrogen and oxygen atoms in total. The molecule has 0 amide bonds. The van der Waals surface area contributed by atoms with Crippen molar-refractivity contribution in [2.75, 3.05) is 13.6 Å². The smallest absolute Gasteiger partial charge is 0.125 e. The van der Waals surface area contributed by atoms with Gasteiger partial charge >= 0.3 is 0 Å². The number of hydrogen-bond donors (Lipinski definition) is 1. The van der Waals surface area contributed by atoms with Gasteiger partial charge < -0.3 is 14.8 Å². The summed E-state index contributed by atoms with van der Waals surface area (Å²) in [5.41, 5.74) is 0. The summed E-state index contributed by atoms with van der Waals surface area (Å²) in [5, 5.41) is 3.70. The maximum Gasteiger partial charge on any atom is 0.125 e. The van der Waals surface area contributed by atoms with E-state index in [-0.39, 0.29) is 0 Å². The molecule has 1 aromatic heterocycles. The van der Waals surface area contributed by atoms with Gasteiger partial charge in [0.05, 0.1) is 6.04 Å².